The molecule has 16 heavy (non-hydrogen) atoms. The van der Waals surface area contributed by atoms with Crippen LogP contribution in [0.25, 0.3) is 0 Å². The molecule has 1 aromatic rings. The van der Waals surface area contributed by atoms with Gasteiger partial charge in [0.2, 0.25) is 0 Å². The first kappa shape index (κ1) is 11.6. The van der Waals surface area contributed by atoms with Gasteiger partial charge in [0.05, 0.1) is 11.6 Å². The largest absolute Gasteiger partial charge is 0.350 e. The Bertz CT molecular complexity index is 358. The first-order valence-corrected chi connectivity index (χ1v) is 5.73. The standard InChI is InChI=1S/C13H20N2O/c1-10-9-15-13(16-10,12(2,3)14)11-7-5-4-6-8-11/h4-8,10,15H,9,14H2,1-3H3/t10-,13-/m0/s1. The third kappa shape index (κ3) is 1.75. The van der Waals surface area contributed by atoms with Crippen molar-refractivity contribution < 1.29 is 4.74 Å². The molecule has 0 saturated carbocycles. The van der Waals surface area contributed by atoms with E-state index in [1.807, 2.05) is 32.0 Å². The summed E-state index contributed by atoms with van der Waals surface area (Å²) in [6.45, 7) is 6.87. The van der Waals surface area contributed by atoms with Gasteiger partial charge >= 0.3 is 0 Å². The van der Waals surface area contributed by atoms with E-state index >= 15 is 0 Å². The van der Waals surface area contributed by atoms with Gasteiger partial charge in [-0.15, -0.1) is 0 Å². The van der Waals surface area contributed by atoms with Crippen molar-refractivity contribution in [1.29, 1.82) is 0 Å². The quantitative estimate of drug-likeness (QED) is 0.795. The smallest absolute Gasteiger partial charge is 0.163 e. The second kappa shape index (κ2) is 3.84. The molecule has 0 aromatic heterocycles. The summed E-state index contributed by atoms with van der Waals surface area (Å²) < 4.78 is 6.06. The number of nitrogens with one attached hydrogen (secondary N) is 1. The van der Waals surface area contributed by atoms with Crippen LogP contribution in [0.1, 0.15) is 26.3 Å². The Morgan fingerprint density at radius 1 is 1.38 bits per heavy atom. The molecule has 3 heteroatoms. The van der Waals surface area contributed by atoms with Gasteiger partial charge in [-0.2, -0.15) is 0 Å². The molecular formula is C13H20N2O. The molecule has 3 nitrogen and oxygen atoms in total. The van der Waals surface area contributed by atoms with Crippen LogP contribution in [-0.2, 0) is 10.5 Å². The van der Waals surface area contributed by atoms with Crippen LogP contribution in [0.15, 0.2) is 30.3 Å². The zero-order valence-corrected chi connectivity index (χ0v) is 10.2. The van der Waals surface area contributed by atoms with Gasteiger partial charge in [0.25, 0.3) is 0 Å². The molecule has 0 spiro atoms. The lowest BCUT2D eigenvalue weighted by molar-refractivity contribution is -0.0936. The Kier molecular flexibility index (Phi) is 2.78. The number of ether oxygens (including phenoxy) is 1. The van der Waals surface area contributed by atoms with Gasteiger partial charge in [0, 0.05) is 12.1 Å². The molecule has 1 saturated heterocycles. The van der Waals surface area contributed by atoms with Crippen LogP contribution >= 0.6 is 0 Å². The fourth-order valence-corrected chi connectivity index (χ4v) is 2.27. The zero-order chi connectivity index (χ0) is 11.8. The van der Waals surface area contributed by atoms with Gasteiger partial charge in [0.15, 0.2) is 5.72 Å². The minimum absolute atomic E-state index is 0.183. The highest BCUT2D eigenvalue weighted by atomic mass is 16.5. The average Bonchev–Trinajstić information content (AvgIpc) is 2.62. The molecule has 2 atom stereocenters. The van der Waals surface area contributed by atoms with E-state index in [0.717, 1.165) is 12.1 Å². The van der Waals surface area contributed by atoms with Gasteiger partial charge < -0.3 is 10.5 Å². The van der Waals surface area contributed by atoms with Gasteiger partial charge in [-0.05, 0) is 20.8 Å². The lowest BCUT2D eigenvalue weighted by Gasteiger charge is -2.41. The van der Waals surface area contributed by atoms with Crippen molar-refractivity contribution in [2.75, 3.05) is 6.54 Å². The number of benzene rings is 1. The zero-order valence-electron chi connectivity index (χ0n) is 10.2. The molecule has 1 aliphatic rings. The maximum Gasteiger partial charge on any atom is 0.163 e. The summed E-state index contributed by atoms with van der Waals surface area (Å²) in [4.78, 5) is 0. The van der Waals surface area contributed by atoms with Crippen LogP contribution in [0, 0.1) is 0 Å². The van der Waals surface area contributed by atoms with Gasteiger partial charge in [-0.3, -0.25) is 5.32 Å². The highest BCUT2D eigenvalue weighted by Gasteiger charge is 2.49. The Balaban J connectivity index is 2.45. The lowest BCUT2D eigenvalue weighted by atomic mass is 9.85. The van der Waals surface area contributed by atoms with Crippen molar-refractivity contribution in [1.82, 2.24) is 5.32 Å². The van der Waals surface area contributed by atoms with Gasteiger partial charge in [-0.1, -0.05) is 30.3 Å². The predicted molar refractivity (Wildman–Crippen MR) is 64.9 cm³/mol. The second-order valence-corrected chi connectivity index (χ2v) is 5.08. The molecule has 0 bridgehead atoms. The minimum Gasteiger partial charge on any atom is -0.350 e. The Morgan fingerprint density at radius 3 is 2.44 bits per heavy atom. The predicted octanol–water partition coefficient (Wildman–Crippen LogP) is 1.58. The maximum atomic E-state index is 6.28. The molecule has 1 fully saturated rings. The van der Waals surface area contributed by atoms with Crippen molar-refractivity contribution in [2.45, 2.75) is 38.1 Å². The van der Waals surface area contributed by atoms with Gasteiger partial charge in [-0.25, -0.2) is 0 Å². The van der Waals surface area contributed by atoms with Crippen LogP contribution in [0.2, 0.25) is 0 Å². The monoisotopic (exact) mass is 220 g/mol. The molecule has 1 aliphatic heterocycles. The highest BCUT2D eigenvalue weighted by Crippen LogP contribution is 2.36. The van der Waals surface area contributed by atoms with Crippen molar-refractivity contribution in [2.24, 2.45) is 5.73 Å². The van der Waals surface area contributed by atoms with Crippen LogP contribution in [0.3, 0.4) is 0 Å². The summed E-state index contributed by atoms with van der Waals surface area (Å²) in [6.07, 6.45) is 0.183. The van der Waals surface area contributed by atoms with E-state index in [4.69, 9.17) is 10.5 Å². The number of hydrogen-bond donors (Lipinski definition) is 2. The van der Waals surface area contributed by atoms with Crippen molar-refractivity contribution in [3.63, 3.8) is 0 Å². The van der Waals surface area contributed by atoms with E-state index in [0.29, 0.717) is 0 Å². The topological polar surface area (TPSA) is 47.3 Å². The van der Waals surface area contributed by atoms with E-state index in [2.05, 4.69) is 24.4 Å². The summed E-state index contributed by atoms with van der Waals surface area (Å²) in [5, 5.41) is 3.43. The Labute approximate surface area is 97.0 Å². The SMILES string of the molecule is C[C@H]1CN[C@](c2ccccc2)(C(C)(C)N)O1. The van der Waals surface area contributed by atoms with Crippen molar-refractivity contribution in [3.8, 4) is 0 Å². The molecule has 3 N–H and O–H groups in total. The molecule has 0 aliphatic carbocycles. The minimum atomic E-state index is -0.576. The third-order valence-corrected chi connectivity index (χ3v) is 3.10. The van der Waals surface area contributed by atoms with E-state index in [1.165, 1.54) is 0 Å². The number of hydrogen-bond acceptors (Lipinski definition) is 3. The first-order valence-electron chi connectivity index (χ1n) is 5.73. The number of nitrogens with two attached hydrogens (primary N) is 1. The van der Waals surface area contributed by atoms with E-state index in [9.17, 15) is 0 Å². The summed E-state index contributed by atoms with van der Waals surface area (Å²) in [6, 6.07) is 10.1. The summed E-state index contributed by atoms with van der Waals surface area (Å²) in [5.41, 5.74) is 6.32. The molecule has 0 unspecified atom stereocenters. The molecule has 1 heterocycles. The highest BCUT2D eigenvalue weighted by molar-refractivity contribution is 5.27. The summed E-state index contributed by atoms with van der Waals surface area (Å²) in [7, 11) is 0. The van der Waals surface area contributed by atoms with Crippen molar-refractivity contribution in [3.05, 3.63) is 35.9 Å². The average molecular weight is 220 g/mol. The molecule has 0 amide bonds. The maximum absolute atomic E-state index is 6.28. The van der Waals surface area contributed by atoms with E-state index in [-0.39, 0.29) is 6.10 Å². The van der Waals surface area contributed by atoms with Crippen LogP contribution in [-0.4, -0.2) is 18.2 Å². The van der Waals surface area contributed by atoms with Crippen LogP contribution in [0.4, 0.5) is 0 Å². The van der Waals surface area contributed by atoms with Gasteiger partial charge in [0.1, 0.15) is 0 Å². The molecular weight excluding hydrogens is 200 g/mol. The molecule has 88 valence electrons. The fourth-order valence-electron chi connectivity index (χ4n) is 2.27. The normalized spacial score (nSPS) is 30.6. The fraction of sp³-hybridized carbons (Fsp3) is 0.538. The summed E-state index contributed by atoms with van der Waals surface area (Å²) >= 11 is 0. The molecule has 2 rings (SSSR count). The second-order valence-electron chi connectivity index (χ2n) is 5.08. The lowest BCUT2D eigenvalue weighted by Crippen LogP contribution is -2.60. The van der Waals surface area contributed by atoms with Crippen LogP contribution in [0.5, 0.6) is 0 Å². The number of rotatable bonds is 2. The first-order chi connectivity index (χ1) is 7.46. The molecule has 1 aromatic carbocycles. The Hall–Kier alpha value is -0.900. The third-order valence-electron chi connectivity index (χ3n) is 3.10. The van der Waals surface area contributed by atoms with Crippen LogP contribution < -0.4 is 11.1 Å². The van der Waals surface area contributed by atoms with E-state index < -0.39 is 11.3 Å². The van der Waals surface area contributed by atoms with Crippen molar-refractivity contribution >= 4 is 0 Å². The Morgan fingerprint density at radius 2 is 2.00 bits per heavy atom. The summed E-state index contributed by atoms with van der Waals surface area (Å²) in [5.74, 6) is 0. The molecule has 0 radical (unpaired) electrons. The van der Waals surface area contributed by atoms with E-state index in [1.54, 1.807) is 0 Å².